The summed E-state index contributed by atoms with van der Waals surface area (Å²) in [5.41, 5.74) is 1.88. The number of amides is 8. The molecule has 0 aromatic heterocycles. The standard InChI is InChI=1S/C62H81N9O10/c1-7-63-61(80)55-20-14-30-71(55)62(81)49(19-12-13-29-64-39(4)5)66-56(75)50(31-38(2)3)67-59(78)53(36-43-22-26-45-16-9-11-18-47(45)33-43)68-58(77)52(34-41-23-27-48(74)28-24-41)69-60(79)54(37-72)70-57(76)51(65-40(6)73)35-42-21-25-44-15-8-10-17-46(44)32-42/h8-11,15-18,21-28,32-33,38-39,49-55,64,72,74H,7,12-14,19-20,29-31,34-37H2,1-6H3,(H,63,80)(H,65,73)(H,66,75)(H,67,78)(H,68,77)(H,69,79)(H,70,76)/t49-,50-,51+,52-,53+,54-,55-/m0/s1. The number of hydrogen-bond acceptors (Lipinski definition) is 11. The molecule has 5 aromatic carbocycles. The molecule has 0 unspecified atom stereocenters. The molecule has 0 radical (unpaired) electrons. The molecule has 1 fully saturated rings. The number of aliphatic hydroxyl groups excluding tert-OH is 1. The Hall–Kier alpha value is -7.90. The number of unbranched alkanes of at least 4 members (excludes halogenated alkanes) is 1. The van der Waals surface area contributed by atoms with Crippen LogP contribution in [0.4, 0.5) is 0 Å². The molecule has 0 saturated carbocycles. The number of hydrogen-bond donors (Lipinski definition) is 10. The minimum absolute atomic E-state index is 0.0504. The maximum absolute atomic E-state index is 14.9. The van der Waals surface area contributed by atoms with Crippen LogP contribution in [0.2, 0.25) is 0 Å². The van der Waals surface area contributed by atoms with Gasteiger partial charge in [0.05, 0.1) is 6.61 Å². The van der Waals surface area contributed by atoms with Gasteiger partial charge < -0.3 is 57.6 Å². The number of likely N-dealkylation sites (tertiary alicyclic amines) is 1. The molecule has 5 aromatic rings. The van der Waals surface area contributed by atoms with Crippen LogP contribution in [0, 0.1) is 5.92 Å². The summed E-state index contributed by atoms with van der Waals surface area (Å²) in [5, 5.41) is 47.2. The molecule has 19 heteroatoms. The third-order valence-corrected chi connectivity index (χ3v) is 14.3. The minimum Gasteiger partial charge on any atom is -0.508 e. The molecular formula is C62H81N9O10. The summed E-state index contributed by atoms with van der Waals surface area (Å²) in [7, 11) is 0. The number of carbonyl (C=O) groups is 8. The van der Waals surface area contributed by atoms with Gasteiger partial charge in [-0.25, -0.2) is 0 Å². The highest BCUT2D eigenvalue weighted by Gasteiger charge is 2.39. The molecule has 81 heavy (non-hydrogen) atoms. The van der Waals surface area contributed by atoms with Gasteiger partial charge >= 0.3 is 0 Å². The van der Waals surface area contributed by atoms with Crippen molar-refractivity contribution < 1.29 is 48.6 Å². The average Bonchev–Trinajstić information content (AvgIpc) is 3.94. The van der Waals surface area contributed by atoms with Crippen LogP contribution in [0.3, 0.4) is 0 Å². The SMILES string of the molecule is CCNC(=O)[C@@H]1CCCN1C(=O)[C@H](CCCCNC(C)C)NC(=O)[C@H](CC(C)C)NC(=O)[C@@H](Cc1ccc2ccccc2c1)NC(=O)[C@H](Cc1ccc(O)cc1)NC(=O)[C@H](CO)NC(=O)[C@@H](Cc1ccc2ccccc2c1)NC(C)=O. The van der Waals surface area contributed by atoms with Crippen molar-refractivity contribution in [2.45, 2.75) is 148 Å². The molecule has 8 amide bonds. The van der Waals surface area contributed by atoms with Crippen molar-refractivity contribution in [2.24, 2.45) is 5.92 Å². The molecule has 1 saturated heterocycles. The van der Waals surface area contributed by atoms with Gasteiger partial charge in [0.15, 0.2) is 0 Å². The highest BCUT2D eigenvalue weighted by Crippen LogP contribution is 2.22. The number of fused-ring (bicyclic) bond motifs is 2. The van der Waals surface area contributed by atoms with Crippen LogP contribution in [0.1, 0.15) is 96.8 Å². The number of phenols is 1. The molecule has 0 spiro atoms. The predicted octanol–water partition coefficient (Wildman–Crippen LogP) is 3.99. The molecule has 19 nitrogen and oxygen atoms in total. The zero-order chi connectivity index (χ0) is 58.6. The van der Waals surface area contributed by atoms with Crippen molar-refractivity contribution in [1.82, 2.24) is 47.4 Å². The van der Waals surface area contributed by atoms with Gasteiger partial charge in [-0.1, -0.05) is 125 Å². The van der Waals surface area contributed by atoms with Gasteiger partial charge in [0.1, 0.15) is 48.0 Å². The minimum atomic E-state index is -1.61. The molecule has 7 atom stereocenters. The second-order valence-electron chi connectivity index (χ2n) is 21.7. The fourth-order valence-electron chi connectivity index (χ4n) is 10.1. The van der Waals surface area contributed by atoms with E-state index in [4.69, 9.17) is 0 Å². The van der Waals surface area contributed by atoms with E-state index in [1.165, 1.54) is 24.0 Å². The van der Waals surface area contributed by atoms with Crippen LogP contribution in [0.5, 0.6) is 5.75 Å². The van der Waals surface area contributed by atoms with Crippen LogP contribution >= 0.6 is 0 Å². The number of nitrogens with zero attached hydrogens (tertiary/aromatic N) is 1. The van der Waals surface area contributed by atoms with Crippen molar-refractivity contribution in [3.8, 4) is 5.75 Å². The van der Waals surface area contributed by atoms with E-state index < -0.39 is 84.3 Å². The van der Waals surface area contributed by atoms with E-state index in [1.807, 2.05) is 120 Å². The van der Waals surface area contributed by atoms with Gasteiger partial charge in [0.25, 0.3) is 0 Å². The molecular weight excluding hydrogens is 1030 g/mol. The first-order valence-corrected chi connectivity index (χ1v) is 28.3. The molecule has 0 bridgehead atoms. The van der Waals surface area contributed by atoms with Gasteiger partial charge in [0, 0.05) is 45.3 Å². The van der Waals surface area contributed by atoms with Gasteiger partial charge in [-0.05, 0) is 108 Å². The normalized spacial score (nSPS) is 15.5. The van der Waals surface area contributed by atoms with Crippen molar-refractivity contribution in [2.75, 3.05) is 26.2 Å². The Balaban J connectivity index is 1.26. The van der Waals surface area contributed by atoms with Crippen LogP contribution < -0.4 is 42.5 Å². The van der Waals surface area contributed by atoms with Gasteiger partial charge in [0.2, 0.25) is 47.3 Å². The summed E-state index contributed by atoms with van der Waals surface area (Å²) in [6.45, 7) is 11.5. The Morgan fingerprint density at radius 2 is 1.04 bits per heavy atom. The maximum atomic E-state index is 14.9. The number of aromatic hydroxyl groups is 1. The predicted molar refractivity (Wildman–Crippen MR) is 311 cm³/mol. The number of carbonyl (C=O) groups excluding carboxylic acids is 8. The monoisotopic (exact) mass is 1110 g/mol. The van der Waals surface area contributed by atoms with Crippen LogP contribution in [-0.4, -0.2) is 137 Å². The Kier molecular flexibility index (Phi) is 23.6. The van der Waals surface area contributed by atoms with E-state index in [2.05, 4.69) is 42.5 Å². The Bertz CT molecular complexity index is 2970. The first-order valence-electron chi connectivity index (χ1n) is 28.3. The van der Waals surface area contributed by atoms with E-state index in [9.17, 15) is 48.6 Å². The smallest absolute Gasteiger partial charge is 0.245 e. The molecule has 10 N–H and O–H groups in total. The van der Waals surface area contributed by atoms with Crippen LogP contribution in [0.15, 0.2) is 109 Å². The zero-order valence-electron chi connectivity index (χ0n) is 47.4. The quantitative estimate of drug-likeness (QED) is 0.0306. The van der Waals surface area contributed by atoms with Crippen molar-refractivity contribution >= 4 is 68.8 Å². The maximum Gasteiger partial charge on any atom is 0.245 e. The van der Waals surface area contributed by atoms with Gasteiger partial charge in [-0.2, -0.15) is 0 Å². The number of aliphatic hydroxyl groups is 1. The van der Waals surface area contributed by atoms with E-state index in [0.29, 0.717) is 50.0 Å². The lowest BCUT2D eigenvalue weighted by Crippen LogP contribution is -2.61. The van der Waals surface area contributed by atoms with Crippen LogP contribution in [0.25, 0.3) is 21.5 Å². The molecule has 434 valence electrons. The average molecular weight is 1110 g/mol. The van der Waals surface area contributed by atoms with E-state index >= 15 is 0 Å². The fourth-order valence-corrected chi connectivity index (χ4v) is 10.1. The number of phenolic OH excluding ortho intramolecular Hbond substituents is 1. The largest absolute Gasteiger partial charge is 0.508 e. The second-order valence-corrected chi connectivity index (χ2v) is 21.7. The molecule has 6 rings (SSSR count). The Labute approximate surface area is 474 Å². The first kappa shape index (κ1) is 62.3. The second kappa shape index (κ2) is 30.6. The third-order valence-electron chi connectivity index (χ3n) is 14.3. The van der Waals surface area contributed by atoms with Crippen molar-refractivity contribution in [1.29, 1.82) is 0 Å². The molecule has 1 aliphatic heterocycles. The van der Waals surface area contributed by atoms with Crippen LogP contribution in [-0.2, 0) is 57.6 Å². The summed E-state index contributed by atoms with van der Waals surface area (Å²) in [6.07, 6.45) is 2.63. The summed E-state index contributed by atoms with van der Waals surface area (Å²) >= 11 is 0. The lowest BCUT2D eigenvalue weighted by Gasteiger charge is -2.31. The summed E-state index contributed by atoms with van der Waals surface area (Å²) in [4.78, 5) is 114. The lowest BCUT2D eigenvalue weighted by atomic mass is 9.98. The molecule has 0 aliphatic carbocycles. The third kappa shape index (κ3) is 18.8. The van der Waals surface area contributed by atoms with Crippen molar-refractivity contribution in [3.05, 3.63) is 126 Å². The lowest BCUT2D eigenvalue weighted by molar-refractivity contribution is -0.142. The first-order chi connectivity index (χ1) is 38.8. The number of rotatable bonds is 29. The van der Waals surface area contributed by atoms with Gasteiger partial charge in [-0.3, -0.25) is 38.4 Å². The highest BCUT2D eigenvalue weighted by atomic mass is 16.3. The fraction of sp³-hybridized carbons (Fsp3) is 0.452. The molecule has 1 heterocycles. The van der Waals surface area contributed by atoms with E-state index in [-0.39, 0.29) is 61.6 Å². The summed E-state index contributed by atoms with van der Waals surface area (Å²) in [5.74, 6) is -5.24. The summed E-state index contributed by atoms with van der Waals surface area (Å²) in [6, 6.07) is 24.2. The van der Waals surface area contributed by atoms with E-state index in [0.717, 1.165) is 33.5 Å². The topological polar surface area (TPSA) is 276 Å². The Morgan fingerprint density at radius 1 is 0.568 bits per heavy atom. The highest BCUT2D eigenvalue weighted by molar-refractivity contribution is 5.98. The summed E-state index contributed by atoms with van der Waals surface area (Å²) < 4.78 is 0. The molecule has 1 aliphatic rings. The number of nitrogens with one attached hydrogen (secondary N) is 8. The Morgan fingerprint density at radius 3 is 1.56 bits per heavy atom. The number of likely N-dealkylation sites (N-methyl/N-ethyl adjacent to an activating group) is 1. The van der Waals surface area contributed by atoms with Gasteiger partial charge in [-0.15, -0.1) is 0 Å². The zero-order valence-corrected chi connectivity index (χ0v) is 47.4. The van der Waals surface area contributed by atoms with Crippen molar-refractivity contribution in [3.63, 3.8) is 0 Å². The number of benzene rings is 5. The van der Waals surface area contributed by atoms with E-state index in [1.54, 1.807) is 12.1 Å².